The lowest BCUT2D eigenvalue weighted by Crippen LogP contribution is -2.49. The fraction of sp³-hybridized carbons (Fsp3) is 0.704. The van der Waals surface area contributed by atoms with E-state index in [0.717, 1.165) is 69.5 Å². The Hall–Kier alpha value is -2.15. The maximum atomic E-state index is 14.4. The monoisotopic (exact) mass is 474 g/mol. The molecule has 188 valence electrons. The Morgan fingerprint density at radius 3 is 2.50 bits per heavy atom. The molecule has 1 heterocycles. The van der Waals surface area contributed by atoms with E-state index in [2.05, 4.69) is 0 Å². The minimum Gasteiger partial charge on any atom is -0.443 e. The number of amides is 2. The molecule has 4 rings (SSSR count). The van der Waals surface area contributed by atoms with E-state index in [4.69, 9.17) is 9.84 Å². The molecule has 0 atom stereocenters. The smallest absolute Gasteiger partial charge is 0.410 e. The lowest BCUT2D eigenvalue weighted by atomic mass is 9.56. The molecule has 2 saturated carbocycles. The van der Waals surface area contributed by atoms with Crippen LogP contribution in [0.3, 0.4) is 0 Å². The largest absolute Gasteiger partial charge is 0.443 e. The summed E-state index contributed by atoms with van der Waals surface area (Å²) in [4.78, 5) is 27.8. The first kappa shape index (κ1) is 25.0. The van der Waals surface area contributed by atoms with Crippen molar-refractivity contribution in [2.75, 3.05) is 33.3 Å². The number of likely N-dealkylation sites (N-methyl/N-ethyl adjacent to an activating group) is 1. The summed E-state index contributed by atoms with van der Waals surface area (Å²) in [5, 5.41) is 8.96. The molecule has 2 aliphatic carbocycles. The Labute approximate surface area is 202 Å². The van der Waals surface area contributed by atoms with E-state index < -0.39 is 11.7 Å². The number of unbranched alkanes of at least 4 members (excludes halogenated alkanes) is 1. The minimum atomic E-state index is -0.491. The molecular formula is C27H39FN2O4. The number of carbonyl (C=O) groups is 2. The first-order chi connectivity index (χ1) is 16.2. The molecule has 0 unspecified atom stereocenters. The van der Waals surface area contributed by atoms with Crippen molar-refractivity contribution in [1.82, 2.24) is 9.80 Å². The molecule has 1 aliphatic heterocycles. The summed E-state index contributed by atoms with van der Waals surface area (Å²) in [7, 11) is 1.56. The second-order valence-corrected chi connectivity index (χ2v) is 11.1. The Bertz CT molecular complexity index is 885. The van der Waals surface area contributed by atoms with Crippen molar-refractivity contribution in [2.45, 2.75) is 76.7 Å². The minimum absolute atomic E-state index is 0.0560. The van der Waals surface area contributed by atoms with Gasteiger partial charge in [-0.05, 0) is 87.3 Å². The maximum absolute atomic E-state index is 14.4. The number of carbonyl (C=O) groups excluding carboxylic acids is 2. The van der Waals surface area contributed by atoms with Crippen LogP contribution in [0.2, 0.25) is 0 Å². The number of aryl methyl sites for hydroxylation is 1. The molecule has 6 nitrogen and oxygen atoms in total. The Morgan fingerprint density at radius 2 is 1.88 bits per heavy atom. The molecule has 0 bridgehead atoms. The highest BCUT2D eigenvalue weighted by Gasteiger charge is 2.47. The molecule has 3 fully saturated rings. The van der Waals surface area contributed by atoms with E-state index in [0.29, 0.717) is 5.41 Å². The van der Waals surface area contributed by atoms with Gasteiger partial charge in [0, 0.05) is 26.7 Å². The summed E-state index contributed by atoms with van der Waals surface area (Å²) in [5.74, 6) is -0.130. The first-order valence-corrected chi connectivity index (χ1v) is 12.9. The van der Waals surface area contributed by atoms with Gasteiger partial charge in [-0.3, -0.25) is 4.79 Å². The van der Waals surface area contributed by atoms with E-state index in [9.17, 15) is 14.0 Å². The molecule has 2 amide bonds. The van der Waals surface area contributed by atoms with Crippen molar-refractivity contribution < 1.29 is 23.8 Å². The van der Waals surface area contributed by atoms with Gasteiger partial charge in [0.15, 0.2) is 0 Å². The predicted molar refractivity (Wildman–Crippen MR) is 128 cm³/mol. The highest BCUT2D eigenvalue weighted by atomic mass is 19.1. The number of ether oxygens (including phenoxy) is 1. The predicted octanol–water partition coefficient (Wildman–Crippen LogP) is 4.78. The Balaban J connectivity index is 1.12. The van der Waals surface area contributed by atoms with Crippen LogP contribution in [-0.4, -0.2) is 65.8 Å². The van der Waals surface area contributed by atoms with Gasteiger partial charge in [0.2, 0.25) is 0 Å². The Kier molecular flexibility index (Phi) is 7.51. The summed E-state index contributed by atoms with van der Waals surface area (Å²) in [6, 6.07) is 4.87. The van der Waals surface area contributed by atoms with E-state index >= 15 is 0 Å². The number of hydrogen-bond donors (Lipinski definition) is 1. The lowest BCUT2D eigenvalue weighted by Gasteiger charge is -2.52. The van der Waals surface area contributed by atoms with Crippen molar-refractivity contribution in [2.24, 2.45) is 11.3 Å². The molecule has 7 heteroatoms. The number of benzene rings is 1. The second-order valence-electron chi connectivity index (χ2n) is 11.1. The normalized spacial score (nSPS) is 20.6. The van der Waals surface area contributed by atoms with Gasteiger partial charge >= 0.3 is 6.09 Å². The fourth-order valence-corrected chi connectivity index (χ4v) is 5.60. The van der Waals surface area contributed by atoms with Gasteiger partial charge in [-0.2, -0.15) is 0 Å². The summed E-state index contributed by atoms with van der Waals surface area (Å²) in [6.07, 6.45) is 10.7. The molecule has 1 aromatic carbocycles. The zero-order chi connectivity index (χ0) is 24.3. The van der Waals surface area contributed by atoms with Crippen molar-refractivity contribution >= 4 is 12.0 Å². The van der Waals surface area contributed by atoms with Crippen molar-refractivity contribution in [3.05, 3.63) is 35.1 Å². The third-order valence-electron chi connectivity index (χ3n) is 8.19. The summed E-state index contributed by atoms with van der Waals surface area (Å²) in [6.45, 7) is 3.70. The van der Waals surface area contributed by atoms with Crippen molar-refractivity contribution in [3.8, 4) is 0 Å². The quantitative estimate of drug-likeness (QED) is 0.523. The van der Waals surface area contributed by atoms with Crippen LogP contribution in [0.15, 0.2) is 18.2 Å². The van der Waals surface area contributed by atoms with Crippen LogP contribution in [0.1, 0.15) is 80.6 Å². The number of nitrogens with zero attached hydrogens (tertiary/aromatic N) is 2. The molecule has 1 saturated heterocycles. The van der Waals surface area contributed by atoms with E-state index in [1.807, 2.05) is 17.9 Å². The van der Waals surface area contributed by atoms with Gasteiger partial charge < -0.3 is 19.6 Å². The van der Waals surface area contributed by atoms with E-state index in [1.54, 1.807) is 13.1 Å². The van der Waals surface area contributed by atoms with Gasteiger partial charge in [0.05, 0.1) is 12.2 Å². The molecule has 0 radical (unpaired) electrons. The Morgan fingerprint density at radius 1 is 1.18 bits per heavy atom. The number of likely N-dealkylation sites (tertiary alicyclic amines) is 1. The summed E-state index contributed by atoms with van der Waals surface area (Å²) in [5.41, 5.74) is 1.21. The summed E-state index contributed by atoms with van der Waals surface area (Å²) < 4.78 is 20.0. The van der Waals surface area contributed by atoms with Gasteiger partial charge in [0.1, 0.15) is 11.4 Å². The van der Waals surface area contributed by atoms with Crippen LogP contribution >= 0.6 is 0 Å². The van der Waals surface area contributed by atoms with Crippen LogP contribution in [0.4, 0.5) is 9.18 Å². The first-order valence-electron chi connectivity index (χ1n) is 12.9. The average Bonchev–Trinajstić information content (AvgIpc) is 3.51. The van der Waals surface area contributed by atoms with Crippen molar-refractivity contribution in [1.29, 1.82) is 0 Å². The maximum Gasteiger partial charge on any atom is 0.410 e. The van der Waals surface area contributed by atoms with Crippen LogP contribution in [0.5, 0.6) is 0 Å². The highest BCUT2D eigenvalue weighted by molar-refractivity contribution is 5.94. The number of aliphatic hydroxyl groups is 1. The second kappa shape index (κ2) is 10.2. The van der Waals surface area contributed by atoms with Crippen LogP contribution in [-0.2, 0) is 11.2 Å². The number of aliphatic hydroxyl groups excluding tert-OH is 1. The third kappa shape index (κ3) is 5.91. The van der Waals surface area contributed by atoms with Crippen LogP contribution < -0.4 is 0 Å². The van der Waals surface area contributed by atoms with Crippen LogP contribution in [0, 0.1) is 17.2 Å². The van der Waals surface area contributed by atoms with Crippen LogP contribution in [0.25, 0.3) is 0 Å². The fourth-order valence-electron chi connectivity index (χ4n) is 5.60. The molecule has 34 heavy (non-hydrogen) atoms. The molecule has 0 aromatic heterocycles. The zero-order valence-corrected chi connectivity index (χ0v) is 20.7. The van der Waals surface area contributed by atoms with Gasteiger partial charge in [-0.15, -0.1) is 0 Å². The SMILES string of the molecule is CN(CCO)C(=O)c1ccc(CCCCC2CC3(CCN(C(=O)OC4(C)CC4)CC3)C2)cc1F. The molecule has 3 aliphatic rings. The number of piperidine rings is 1. The molecular weight excluding hydrogens is 435 g/mol. The number of hydrogen-bond acceptors (Lipinski definition) is 4. The molecule has 1 aromatic rings. The molecule has 1 spiro atoms. The standard InChI is InChI=1S/C27H39FN2O4/c1-26(9-10-26)34-25(33)30-13-11-27(12-14-30)18-21(19-27)6-4-3-5-20-7-8-22(23(28)17-20)24(32)29(2)15-16-31/h7-8,17,21,31H,3-6,9-16,18-19H2,1-2H3. The van der Waals surface area contributed by atoms with Gasteiger partial charge in [-0.1, -0.05) is 18.9 Å². The van der Waals surface area contributed by atoms with Gasteiger partial charge in [0.25, 0.3) is 5.91 Å². The number of halogens is 1. The average molecular weight is 475 g/mol. The lowest BCUT2D eigenvalue weighted by molar-refractivity contribution is -0.0224. The third-order valence-corrected chi connectivity index (χ3v) is 8.19. The van der Waals surface area contributed by atoms with Gasteiger partial charge in [-0.25, -0.2) is 9.18 Å². The zero-order valence-electron chi connectivity index (χ0n) is 20.7. The highest BCUT2D eigenvalue weighted by Crippen LogP contribution is 2.54. The van der Waals surface area contributed by atoms with E-state index in [-0.39, 0.29) is 30.4 Å². The number of rotatable bonds is 9. The summed E-state index contributed by atoms with van der Waals surface area (Å²) >= 11 is 0. The molecule has 1 N–H and O–H groups in total. The van der Waals surface area contributed by atoms with Crippen molar-refractivity contribution in [3.63, 3.8) is 0 Å². The topological polar surface area (TPSA) is 70.1 Å². The van der Waals surface area contributed by atoms with E-state index in [1.165, 1.54) is 30.2 Å².